The van der Waals surface area contributed by atoms with E-state index in [0.717, 1.165) is 51.0 Å². The molecule has 1 aliphatic rings. The van der Waals surface area contributed by atoms with Crippen molar-refractivity contribution in [3.05, 3.63) is 93.5 Å². The van der Waals surface area contributed by atoms with E-state index in [4.69, 9.17) is 9.47 Å². The van der Waals surface area contributed by atoms with E-state index in [2.05, 4.69) is 28.9 Å². The van der Waals surface area contributed by atoms with E-state index < -0.39 is 0 Å². The van der Waals surface area contributed by atoms with Crippen LogP contribution in [0.15, 0.2) is 71.2 Å². The first kappa shape index (κ1) is 20.5. The number of methoxy groups -OCH3 is 1. The van der Waals surface area contributed by atoms with Crippen LogP contribution in [0.1, 0.15) is 34.7 Å². The predicted molar refractivity (Wildman–Crippen MR) is 122 cm³/mol. The summed E-state index contributed by atoms with van der Waals surface area (Å²) >= 11 is 3.63. The van der Waals surface area contributed by atoms with Crippen LogP contribution in [0.5, 0.6) is 5.75 Å². The summed E-state index contributed by atoms with van der Waals surface area (Å²) in [6.07, 6.45) is 1.40. The molecular weight excluding hydrogens is 442 g/mol. The van der Waals surface area contributed by atoms with Crippen molar-refractivity contribution in [2.75, 3.05) is 12.0 Å². The van der Waals surface area contributed by atoms with Crippen LogP contribution in [0.25, 0.3) is 0 Å². The fourth-order valence-corrected chi connectivity index (χ4v) is 4.23. The first-order valence-electron chi connectivity index (χ1n) is 9.99. The molecule has 1 unspecified atom stereocenters. The number of halogens is 1. The molecule has 30 heavy (non-hydrogen) atoms. The summed E-state index contributed by atoms with van der Waals surface area (Å²) in [5.41, 5.74) is 5.26. The second kappa shape index (κ2) is 8.92. The maximum atomic E-state index is 13.3. The van der Waals surface area contributed by atoms with E-state index in [1.807, 2.05) is 60.7 Å². The van der Waals surface area contributed by atoms with Crippen molar-refractivity contribution >= 4 is 27.7 Å². The molecule has 0 radical (unpaired) electrons. The molecule has 154 valence electrons. The fourth-order valence-electron chi connectivity index (χ4n) is 3.90. The number of hydrogen-bond donors (Lipinski definition) is 0. The number of anilines is 1. The number of nitrogens with zero attached hydrogens (tertiary/aromatic N) is 1. The molecule has 0 bridgehead atoms. The highest BCUT2D eigenvalue weighted by Gasteiger charge is 2.33. The van der Waals surface area contributed by atoms with Gasteiger partial charge in [0, 0.05) is 4.47 Å². The van der Waals surface area contributed by atoms with E-state index in [9.17, 15) is 4.79 Å². The number of benzene rings is 3. The molecule has 1 aliphatic heterocycles. The van der Waals surface area contributed by atoms with Crippen molar-refractivity contribution in [1.29, 1.82) is 0 Å². The maximum Gasteiger partial charge on any atom is 0.415 e. The molecule has 1 amide bonds. The highest BCUT2D eigenvalue weighted by atomic mass is 79.9. The SMILES string of the molecule is COc1ccc(C2CCc3cc(C)c(Br)cc3N2C(=O)OCc2ccccc2)cc1. The van der Waals surface area contributed by atoms with E-state index in [0.29, 0.717) is 0 Å². The van der Waals surface area contributed by atoms with Crippen LogP contribution < -0.4 is 9.64 Å². The normalized spacial score (nSPS) is 15.4. The smallest absolute Gasteiger partial charge is 0.415 e. The summed E-state index contributed by atoms with van der Waals surface area (Å²) in [5.74, 6) is 0.798. The second-order valence-corrected chi connectivity index (χ2v) is 8.32. The Hall–Kier alpha value is -2.79. The van der Waals surface area contributed by atoms with Gasteiger partial charge in [0.15, 0.2) is 0 Å². The lowest BCUT2D eigenvalue weighted by Gasteiger charge is -2.37. The second-order valence-electron chi connectivity index (χ2n) is 7.47. The summed E-state index contributed by atoms with van der Waals surface area (Å²) in [6, 6.07) is 21.8. The zero-order valence-electron chi connectivity index (χ0n) is 17.1. The molecule has 5 heteroatoms. The molecular formula is C25H24BrNO3. The minimum absolute atomic E-state index is 0.0960. The molecule has 1 atom stereocenters. The first-order valence-corrected chi connectivity index (χ1v) is 10.8. The van der Waals surface area contributed by atoms with Crippen LogP contribution in [0.4, 0.5) is 10.5 Å². The number of aryl methyl sites for hydroxylation is 2. The zero-order chi connectivity index (χ0) is 21.1. The Morgan fingerprint density at radius 2 is 1.83 bits per heavy atom. The average molecular weight is 466 g/mol. The van der Waals surface area contributed by atoms with Crippen LogP contribution in [-0.4, -0.2) is 13.2 Å². The third-order valence-electron chi connectivity index (χ3n) is 5.52. The number of ether oxygens (including phenoxy) is 2. The number of carbonyl (C=O) groups excluding carboxylic acids is 1. The standard InChI is InChI=1S/C25H24BrNO3/c1-17-14-20-10-13-23(19-8-11-21(29-2)12-9-19)27(24(20)15-22(17)26)25(28)30-16-18-6-4-3-5-7-18/h3-9,11-12,14-15,23H,10,13,16H2,1-2H3. The highest BCUT2D eigenvalue weighted by Crippen LogP contribution is 2.41. The third-order valence-corrected chi connectivity index (χ3v) is 6.37. The Balaban J connectivity index is 1.68. The Morgan fingerprint density at radius 1 is 1.10 bits per heavy atom. The van der Waals surface area contributed by atoms with Crippen molar-refractivity contribution in [2.45, 2.75) is 32.4 Å². The van der Waals surface area contributed by atoms with Crippen molar-refractivity contribution in [2.24, 2.45) is 0 Å². The van der Waals surface area contributed by atoms with E-state index >= 15 is 0 Å². The van der Waals surface area contributed by atoms with Crippen LogP contribution in [-0.2, 0) is 17.8 Å². The molecule has 1 heterocycles. The van der Waals surface area contributed by atoms with E-state index in [1.165, 1.54) is 0 Å². The summed E-state index contributed by atoms with van der Waals surface area (Å²) in [7, 11) is 1.65. The number of rotatable bonds is 4. The van der Waals surface area contributed by atoms with Gasteiger partial charge in [-0.15, -0.1) is 0 Å². The molecule has 3 aromatic carbocycles. The molecule has 0 saturated heterocycles. The van der Waals surface area contributed by atoms with Gasteiger partial charge in [0.1, 0.15) is 12.4 Å². The number of hydrogen-bond acceptors (Lipinski definition) is 3. The van der Waals surface area contributed by atoms with Crippen molar-refractivity contribution in [3.63, 3.8) is 0 Å². The molecule has 0 N–H and O–H groups in total. The van der Waals surface area contributed by atoms with Gasteiger partial charge < -0.3 is 9.47 Å². The van der Waals surface area contributed by atoms with Crippen molar-refractivity contribution < 1.29 is 14.3 Å². The Kier molecular flexibility index (Phi) is 6.09. The molecule has 4 rings (SSSR count). The van der Waals surface area contributed by atoms with Gasteiger partial charge in [0.2, 0.25) is 0 Å². The van der Waals surface area contributed by atoms with Gasteiger partial charge in [0.05, 0.1) is 18.8 Å². The van der Waals surface area contributed by atoms with Gasteiger partial charge in [-0.3, -0.25) is 4.90 Å². The molecule has 0 aliphatic carbocycles. The van der Waals surface area contributed by atoms with Gasteiger partial charge >= 0.3 is 6.09 Å². The molecule has 0 fully saturated rings. The maximum absolute atomic E-state index is 13.3. The summed E-state index contributed by atoms with van der Waals surface area (Å²) in [4.78, 5) is 15.1. The lowest BCUT2D eigenvalue weighted by molar-refractivity contribution is 0.143. The average Bonchev–Trinajstić information content (AvgIpc) is 2.78. The quantitative estimate of drug-likeness (QED) is 0.435. The van der Waals surface area contributed by atoms with E-state index in [-0.39, 0.29) is 18.7 Å². The highest BCUT2D eigenvalue weighted by molar-refractivity contribution is 9.10. The topological polar surface area (TPSA) is 38.8 Å². The van der Waals surface area contributed by atoms with E-state index in [1.54, 1.807) is 12.0 Å². The van der Waals surface area contributed by atoms with Gasteiger partial charge in [-0.2, -0.15) is 0 Å². The molecule has 0 saturated carbocycles. The van der Waals surface area contributed by atoms with Crippen LogP contribution in [0.2, 0.25) is 0 Å². The van der Waals surface area contributed by atoms with Gasteiger partial charge in [-0.1, -0.05) is 64.5 Å². The lowest BCUT2D eigenvalue weighted by atomic mass is 9.90. The van der Waals surface area contributed by atoms with Gasteiger partial charge in [-0.05, 0) is 60.2 Å². The molecule has 0 spiro atoms. The summed E-state index contributed by atoms with van der Waals surface area (Å²) in [5, 5.41) is 0. The first-order chi connectivity index (χ1) is 14.6. The van der Waals surface area contributed by atoms with Crippen molar-refractivity contribution in [3.8, 4) is 5.75 Å². The van der Waals surface area contributed by atoms with Crippen molar-refractivity contribution in [1.82, 2.24) is 0 Å². The number of fused-ring (bicyclic) bond motifs is 1. The minimum Gasteiger partial charge on any atom is -0.497 e. The Morgan fingerprint density at radius 3 is 2.53 bits per heavy atom. The van der Waals surface area contributed by atoms with Gasteiger partial charge in [-0.25, -0.2) is 4.79 Å². The molecule has 4 nitrogen and oxygen atoms in total. The predicted octanol–water partition coefficient (Wildman–Crippen LogP) is 6.60. The van der Waals surface area contributed by atoms with Crippen LogP contribution in [0, 0.1) is 6.92 Å². The Bertz CT molecular complexity index is 1030. The zero-order valence-corrected chi connectivity index (χ0v) is 18.7. The third kappa shape index (κ3) is 4.21. The number of amides is 1. The fraction of sp³-hybridized carbons (Fsp3) is 0.240. The van der Waals surface area contributed by atoms with Crippen LogP contribution in [0.3, 0.4) is 0 Å². The molecule has 0 aromatic heterocycles. The summed E-state index contributed by atoms with van der Waals surface area (Å²) < 4.78 is 12.0. The lowest BCUT2D eigenvalue weighted by Crippen LogP contribution is -2.38. The largest absolute Gasteiger partial charge is 0.497 e. The minimum atomic E-state index is -0.337. The van der Waals surface area contributed by atoms with Crippen LogP contribution >= 0.6 is 15.9 Å². The summed E-state index contributed by atoms with van der Waals surface area (Å²) in [6.45, 7) is 2.31. The van der Waals surface area contributed by atoms with Gasteiger partial charge in [0.25, 0.3) is 0 Å². The molecule has 3 aromatic rings. The number of carbonyl (C=O) groups is 1. The monoisotopic (exact) mass is 465 g/mol. The Labute approximate surface area is 185 Å².